The largest absolute Gasteiger partial charge is 0.471 e. The van der Waals surface area contributed by atoms with E-state index in [4.69, 9.17) is 19.9 Å². The first-order chi connectivity index (χ1) is 36.4. The third-order valence-electron chi connectivity index (χ3n) is 12.5. The molecule has 0 radical (unpaired) electrons. The molecule has 4 aromatic carbocycles. The van der Waals surface area contributed by atoms with Crippen LogP contribution < -0.4 is 9.47 Å². The summed E-state index contributed by atoms with van der Waals surface area (Å²) in [5.74, 6) is -49.4. The molecular formula is C52H36F18N6O2. The number of alkyl halides is 18. The third-order valence-corrected chi connectivity index (χ3v) is 12.5. The topological polar surface area (TPSA) is 95.8 Å². The molecule has 2 atom stereocenters. The molecule has 0 amide bonds. The molecule has 1 fully saturated rings. The second-order valence-electron chi connectivity index (χ2n) is 17.9. The van der Waals surface area contributed by atoms with Gasteiger partial charge < -0.3 is 9.47 Å². The van der Waals surface area contributed by atoms with Gasteiger partial charge >= 0.3 is 47.9 Å². The molecule has 0 saturated heterocycles. The van der Waals surface area contributed by atoms with Crippen molar-refractivity contribution in [3.05, 3.63) is 157 Å². The molecule has 3 aromatic heterocycles. The molecule has 1 saturated carbocycles. The molecule has 1 aliphatic carbocycles. The van der Waals surface area contributed by atoms with Crippen LogP contribution in [0.2, 0.25) is 0 Å². The summed E-state index contributed by atoms with van der Waals surface area (Å²) in [5, 5.41) is 0. The minimum atomic E-state index is -7.42. The first-order valence-electron chi connectivity index (χ1n) is 23.0. The van der Waals surface area contributed by atoms with E-state index in [1.807, 2.05) is 0 Å². The molecule has 2 unspecified atom stereocenters. The summed E-state index contributed by atoms with van der Waals surface area (Å²) in [6.07, 6.45) is -15.1. The van der Waals surface area contributed by atoms with E-state index in [-0.39, 0.29) is 37.0 Å². The van der Waals surface area contributed by atoms with E-state index in [2.05, 4.69) is 19.4 Å². The van der Waals surface area contributed by atoms with E-state index >= 15 is 0 Å². The number of benzene rings is 4. The number of rotatable bonds is 17. The molecule has 0 spiro atoms. The number of ether oxygens (including phenoxy) is 2. The van der Waals surface area contributed by atoms with Crippen molar-refractivity contribution in [2.24, 2.45) is 0 Å². The smallest absolute Gasteiger partial charge is 0.460 e. The summed E-state index contributed by atoms with van der Waals surface area (Å²) in [7, 11) is 0. The molecule has 26 heteroatoms. The van der Waals surface area contributed by atoms with Gasteiger partial charge in [0.25, 0.3) is 0 Å². The Bertz CT molecular complexity index is 2870. The Morgan fingerprint density at radius 3 is 0.808 bits per heavy atom. The van der Waals surface area contributed by atoms with Gasteiger partial charge in [-0.3, -0.25) is 0 Å². The Balaban J connectivity index is 1.28. The zero-order valence-electron chi connectivity index (χ0n) is 39.3. The standard InChI is InChI=1S/C52H36F18N6O2/c53-45(54,47(57,58)49(61,62)51(65,66)67)27-77-40-26-41(78-28-46(55,56)48(59,60)50(63,64)52(68,69)70)76-44(75-40)35-22-33(42-71-36(29-13-5-1-6-14-29)24-37(72-42)30-15-7-2-8-16-30)21-34(23-35)43-73-38(31-17-9-3-10-18-31)25-39(74-43)32-19-11-4-12-20-32/h1-20,24-26,33-35H,21-23,27-28H2. The highest BCUT2D eigenvalue weighted by atomic mass is 19.4. The summed E-state index contributed by atoms with van der Waals surface area (Å²) in [6, 6.07) is 37.8. The Morgan fingerprint density at radius 1 is 0.321 bits per heavy atom. The highest BCUT2D eigenvalue weighted by molar-refractivity contribution is 5.69. The van der Waals surface area contributed by atoms with Crippen LogP contribution in [0.4, 0.5) is 79.0 Å². The zero-order valence-corrected chi connectivity index (χ0v) is 39.3. The minimum absolute atomic E-state index is 0.0401. The monoisotopic (exact) mass is 1120 g/mol. The maximum atomic E-state index is 14.9. The van der Waals surface area contributed by atoms with Gasteiger partial charge in [0.2, 0.25) is 11.8 Å². The van der Waals surface area contributed by atoms with E-state index in [1.165, 1.54) is 0 Å². The lowest BCUT2D eigenvalue weighted by Gasteiger charge is -2.34. The summed E-state index contributed by atoms with van der Waals surface area (Å²) in [5.41, 5.74) is 3.86. The van der Waals surface area contributed by atoms with Gasteiger partial charge in [-0.25, -0.2) is 19.9 Å². The zero-order chi connectivity index (χ0) is 56.7. The Kier molecular flexibility index (Phi) is 15.3. The summed E-state index contributed by atoms with van der Waals surface area (Å²) >= 11 is 0. The van der Waals surface area contributed by atoms with E-state index < -0.39 is 96.4 Å². The van der Waals surface area contributed by atoms with Gasteiger partial charge in [0.1, 0.15) is 17.5 Å². The average molecular weight is 1120 g/mol. The van der Waals surface area contributed by atoms with Gasteiger partial charge in [-0.05, 0) is 31.4 Å². The fourth-order valence-electron chi connectivity index (χ4n) is 8.35. The molecular weight excluding hydrogens is 1080 g/mol. The van der Waals surface area contributed by atoms with Gasteiger partial charge in [-0.1, -0.05) is 121 Å². The van der Waals surface area contributed by atoms with Crippen LogP contribution in [0.5, 0.6) is 11.8 Å². The average Bonchev–Trinajstić information content (AvgIpc) is 3.58. The molecule has 7 aromatic rings. The van der Waals surface area contributed by atoms with Gasteiger partial charge in [-0.15, -0.1) is 0 Å². The second kappa shape index (κ2) is 21.0. The van der Waals surface area contributed by atoms with Crippen LogP contribution in [0, 0.1) is 0 Å². The lowest BCUT2D eigenvalue weighted by molar-refractivity contribution is -0.398. The van der Waals surface area contributed by atoms with E-state index in [1.54, 1.807) is 133 Å². The molecule has 0 N–H and O–H groups in total. The van der Waals surface area contributed by atoms with Gasteiger partial charge in [0.05, 0.1) is 28.8 Å². The number of nitrogens with zero attached hydrogens (tertiary/aromatic N) is 6. The van der Waals surface area contributed by atoms with Crippen molar-refractivity contribution in [3.63, 3.8) is 0 Å². The third kappa shape index (κ3) is 11.2. The number of aromatic nitrogens is 6. The highest BCUT2D eigenvalue weighted by Gasteiger charge is 2.83. The minimum Gasteiger partial charge on any atom is -0.471 e. The van der Waals surface area contributed by atoms with Crippen molar-refractivity contribution >= 4 is 0 Å². The quantitative estimate of drug-likeness (QED) is 0.0832. The molecule has 0 bridgehead atoms. The maximum Gasteiger partial charge on any atom is 0.460 e. The van der Waals surface area contributed by atoms with E-state index in [0.29, 0.717) is 45.0 Å². The van der Waals surface area contributed by atoms with Crippen LogP contribution in [-0.2, 0) is 0 Å². The lowest BCUT2D eigenvalue weighted by Crippen LogP contribution is -2.62. The van der Waals surface area contributed by atoms with Crippen LogP contribution in [0.3, 0.4) is 0 Å². The summed E-state index contributed by atoms with van der Waals surface area (Å²) in [6.45, 7) is -6.21. The van der Waals surface area contributed by atoms with Crippen LogP contribution >= 0.6 is 0 Å². The van der Waals surface area contributed by atoms with Gasteiger partial charge in [0.15, 0.2) is 13.2 Å². The Hall–Kier alpha value is -7.54. The fraction of sp³-hybridized carbons (Fsp3) is 0.308. The first kappa shape index (κ1) is 56.7. The maximum absolute atomic E-state index is 14.9. The van der Waals surface area contributed by atoms with Crippen molar-refractivity contribution in [2.45, 2.75) is 84.9 Å². The normalized spacial score (nSPS) is 17.2. The Morgan fingerprint density at radius 2 is 0.564 bits per heavy atom. The fourth-order valence-corrected chi connectivity index (χ4v) is 8.35. The number of hydrogen-bond acceptors (Lipinski definition) is 8. The Labute approximate surface area is 429 Å². The van der Waals surface area contributed by atoms with Crippen molar-refractivity contribution in [3.8, 4) is 56.8 Å². The van der Waals surface area contributed by atoms with Crippen molar-refractivity contribution in [1.29, 1.82) is 0 Å². The molecule has 8 nitrogen and oxygen atoms in total. The summed E-state index contributed by atoms with van der Waals surface area (Å²) in [4.78, 5) is 27.2. The summed E-state index contributed by atoms with van der Waals surface area (Å²) < 4.78 is 260. The van der Waals surface area contributed by atoms with Gasteiger partial charge in [-0.2, -0.15) is 89.0 Å². The predicted molar refractivity (Wildman–Crippen MR) is 243 cm³/mol. The van der Waals surface area contributed by atoms with Crippen molar-refractivity contribution in [1.82, 2.24) is 29.9 Å². The van der Waals surface area contributed by atoms with Gasteiger partial charge in [0, 0.05) is 40.0 Å². The van der Waals surface area contributed by atoms with E-state index in [0.717, 1.165) is 0 Å². The molecule has 8 rings (SSSR count). The number of halogens is 18. The SMILES string of the molecule is FC(F)(F)C(F)(F)C(F)(F)C(F)(F)COc1cc(OCC(F)(F)C(F)(F)C(F)(F)C(F)(F)F)nc(C2CC(c3nc(-c4ccccc4)cc(-c4ccccc4)n3)CC(c3nc(-c4ccccc4)cc(-c4ccccc4)n3)C2)n1. The first-order valence-corrected chi connectivity index (χ1v) is 23.0. The van der Waals surface area contributed by atoms with Crippen molar-refractivity contribution in [2.75, 3.05) is 13.2 Å². The van der Waals surface area contributed by atoms with Crippen molar-refractivity contribution < 1.29 is 88.5 Å². The van der Waals surface area contributed by atoms with E-state index in [9.17, 15) is 79.0 Å². The van der Waals surface area contributed by atoms with Crippen LogP contribution in [0.25, 0.3) is 45.0 Å². The van der Waals surface area contributed by atoms with Crippen LogP contribution in [0.1, 0.15) is 54.5 Å². The molecule has 78 heavy (non-hydrogen) atoms. The number of hydrogen-bond donors (Lipinski definition) is 0. The lowest BCUT2D eigenvalue weighted by atomic mass is 9.73. The predicted octanol–water partition coefficient (Wildman–Crippen LogP) is 15.3. The molecule has 412 valence electrons. The molecule has 1 aliphatic rings. The van der Waals surface area contributed by atoms with Crippen LogP contribution in [-0.4, -0.2) is 91.0 Å². The second-order valence-corrected chi connectivity index (χ2v) is 17.9. The molecule has 3 heterocycles. The molecule has 0 aliphatic heterocycles. The van der Waals surface area contributed by atoms with Crippen LogP contribution in [0.15, 0.2) is 140 Å². The highest BCUT2D eigenvalue weighted by Crippen LogP contribution is 2.55.